The van der Waals surface area contributed by atoms with Crippen LogP contribution in [-0.2, 0) is 22.4 Å². The summed E-state index contributed by atoms with van der Waals surface area (Å²) in [5.74, 6) is 1.64. The van der Waals surface area contributed by atoms with E-state index < -0.39 is 22.4 Å². The van der Waals surface area contributed by atoms with Crippen LogP contribution in [0.5, 0.6) is 0 Å². The molecule has 5 heteroatoms. The number of rotatable bonds is 2. The Morgan fingerprint density at radius 1 is 1.24 bits per heavy atom. The summed E-state index contributed by atoms with van der Waals surface area (Å²) in [6, 6.07) is 0. The van der Waals surface area contributed by atoms with Crippen molar-refractivity contribution in [2.24, 2.45) is 0 Å². The van der Waals surface area contributed by atoms with Crippen molar-refractivity contribution >= 4 is 34.1 Å². The molecule has 0 aliphatic carbocycles. The first-order chi connectivity index (χ1) is 8.27. The maximum atomic E-state index is 12.5. The van der Waals surface area contributed by atoms with Gasteiger partial charge in [-0.05, 0) is 40.6 Å². The Morgan fingerprint density at radius 2 is 2.12 bits per heavy atom. The van der Waals surface area contributed by atoms with Gasteiger partial charge in [-0.1, -0.05) is 12.2 Å². The average Bonchev–Trinajstić information content (AvgIpc) is 2.99. The van der Waals surface area contributed by atoms with Gasteiger partial charge >= 0.3 is 0 Å². The van der Waals surface area contributed by atoms with Gasteiger partial charge in [0, 0.05) is 12.2 Å². The van der Waals surface area contributed by atoms with Crippen LogP contribution >= 0.6 is 11.8 Å². The first-order valence-electron chi connectivity index (χ1n) is 5.70. The quantitative estimate of drug-likeness (QED) is 0.574. The summed E-state index contributed by atoms with van der Waals surface area (Å²) in [7, 11) is 0. The van der Waals surface area contributed by atoms with Crippen LogP contribution < -0.4 is 0 Å². The number of allylic oxidation sites excluding steroid dienone is 1. The standard InChI is InChI=1S/C12H14O2S3/c13-16-8-2-4-11(16)12-6-5-10(17(12)14)9-3-1-7-15-9/h1-5,9,11-12H,6-8H2. The smallest absolute Gasteiger partial charge is 0.182 e. The van der Waals surface area contributed by atoms with Gasteiger partial charge in [0.05, 0.1) is 5.25 Å². The maximum absolute atomic E-state index is 12.5. The number of hydrogen-bond donors (Lipinski definition) is 0. The highest BCUT2D eigenvalue weighted by atomic mass is 32.2. The molecule has 3 heterocycles. The maximum Gasteiger partial charge on any atom is 0.182 e. The molecule has 3 aliphatic rings. The second kappa shape index (κ2) is 5.05. The summed E-state index contributed by atoms with van der Waals surface area (Å²) in [6.07, 6.45) is 11.1. The van der Waals surface area contributed by atoms with Crippen molar-refractivity contribution in [3.05, 3.63) is 35.3 Å². The molecule has 0 radical (unpaired) electrons. The summed E-state index contributed by atoms with van der Waals surface area (Å²) in [6.45, 7) is 0. The molecule has 0 aromatic heterocycles. The molecule has 0 fully saturated rings. The molecule has 2 nitrogen and oxygen atoms in total. The van der Waals surface area contributed by atoms with Crippen LogP contribution in [-0.4, -0.2) is 36.4 Å². The number of hydrogen-bond acceptors (Lipinski definition) is 3. The first kappa shape index (κ1) is 12.2. The van der Waals surface area contributed by atoms with Gasteiger partial charge in [-0.25, -0.2) is 0 Å². The Bertz CT molecular complexity index is 391. The largest absolute Gasteiger partial charge is 0.615 e. The third-order valence-electron chi connectivity index (χ3n) is 3.28. The SMILES string of the molecule is [O-][S+]1CC=CC1C1CC=C(C2C=CCS2)[S+]1[O-]. The van der Waals surface area contributed by atoms with E-state index in [0.717, 1.165) is 17.1 Å². The molecule has 5 atom stereocenters. The summed E-state index contributed by atoms with van der Waals surface area (Å²) in [5, 5.41) is 0.332. The molecule has 0 bridgehead atoms. The topological polar surface area (TPSA) is 46.1 Å². The third-order valence-corrected chi connectivity index (χ3v) is 8.29. The zero-order valence-electron chi connectivity index (χ0n) is 9.28. The Kier molecular flexibility index (Phi) is 3.64. The van der Waals surface area contributed by atoms with Gasteiger partial charge < -0.3 is 9.11 Å². The van der Waals surface area contributed by atoms with Gasteiger partial charge in [-0.15, -0.1) is 11.8 Å². The molecular formula is C12H14O2S3. The lowest BCUT2D eigenvalue weighted by atomic mass is 10.2. The molecule has 3 aliphatic heterocycles. The van der Waals surface area contributed by atoms with E-state index in [1.807, 2.05) is 23.9 Å². The minimum atomic E-state index is -0.954. The van der Waals surface area contributed by atoms with Crippen molar-refractivity contribution in [3.63, 3.8) is 0 Å². The van der Waals surface area contributed by atoms with Crippen molar-refractivity contribution in [2.75, 3.05) is 11.5 Å². The van der Waals surface area contributed by atoms with Crippen LogP contribution in [0.25, 0.3) is 0 Å². The summed E-state index contributed by atoms with van der Waals surface area (Å²) in [5.41, 5.74) is 0. The van der Waals surface area contributed by atoms with E-state index in [-0.39, 0.29) is 10.5 Å². The van der Waals surface area contributed by atoms with Gasteiger partial charge in [0.25, 0.3) is 0 Å². The fourth-order valence-electron chi connectivity index (χ4n) is 2.41. The fraction of sp³-hybridized carbons (Fsp3) is 0.500. The Hall–Kier alpha value is 0.190. The van der Waals surface area contributed by atoms with Crippen LogP contribution in [0.3, 0.4) is 0 Å². The van der Waals surface area contributed by atoms with E-state index in [1.165, 1.54) is 0 Å². The minimum Gasteiger partial charge on any atom is -0.615 e. The zero-order chi connectivity index (χ0) is 11.8. The number of thioether (sulfide) groups is 1. The van der Waals surface area contributed by atoms with E-state index in [0.29, 0.717) is 11.0 Å². The van der Waals surface area contributed by atoms with Gasteiger partial charge in [-0.3, -0.25) is 0 Å². The minimum absolute atomic E-state index is 0.0000315. The van der Waals surface area contributed by atoms with Gasteiger partial charge in [0.15, 0.2) is 10.5 Å². The average molecular weight is 286 g/mol. The molecular weight excluding hydrogens is 272 g/mol. The lowest BCUT2D eigenvalue weighted by Crippen LogP contribution is -2.35. The van der Waals surface area contributed by atoms with Crippen LogP contribution in [0.1, 0.15) is 6.42 Å². The predicted octanol–water partition coefficient (Wildman–Crippen LogP) is 1.75. The van der Waals surface area contributed by atoms with E-state index in [1.54, 1.807) is 0 Å². The molecule has 5 unspecified atom stereocenters. The highest BCUT2D eigenvalue weighted by Crippen LogP contribution is 2.39. The Morgan fingerprint density at radius 3 is 2.76 bits per heavy atom. The van der Waals surface area contributed by atoms with Crippen molar-refractivity contribution in [2.45, 2.75) is 22.2 Å². The third kappa shape index (κ3) is 2.24. The zero-order valence-corrected chi connectivity index (χ0v) is 11.7. The van der Waals surface area contributed by atoms with E-state index >= 15 is 0 Å². The predicted molar refractivity (Wildman–Crippen MR) is 76.0 cm³/mol. The van der Waals surface area contributed by atoms with Gasteiger partial charge in [-0.2, -0.15) is 0 Å². The van der Waals surface area contributed by atoms with E-state index in [4.69, 9.17) is 0 Å². The van der Waals surface area contributed by atoms with Crippen LogP contribution in [0.2, 0.25) is 0 Å². The molecule has 0 saturated carbocycles. The Labute approximate surface area is 112 Å². The lowest BCUT2D eigenvalue weighted by molar-refractivity contribution is 0.574. The van der Waals surface area contributed by atoms with E-state index in [9.17, 15) is 9.11 Å². The highest BCUT2D eigenvalue weighted by molar-refractivity contribution is 8.03. The summed E-state index contributed by atoms with van der Waals surface area (Å²) < 4.78 is 24.3. The molecule has 0 aromatic carbocycles. The van der Waals surface area contributed by atoms with Crippen LogP contribution in [0.15, 0.2) is 35.3 Å². The van der Waals surface area contributed by atoms with Crippen molar-refractivity contribution in [1.29, 1.82) is 0 Å². The molecule has 92 valence electrons. The molecule has 0 spiro atoms. The molecule has 0 saturated heterocycles. The highest BCUT2D eigenvalue weighted by Gasteiger charge is 2.46. The van der Waals surface area contributed by atoms with Crippen LogP contribution in [0, 0.1) is 0 Å². The van der Waals surface area contributed by atoms with Crippen LogP contribution in [0.4, 0.5) is 0 Å². The summed E-state index contributed by atoms with van der Waals surface area (Å²) >= 11 is 0.0185. The molecule has 0 amide bonds. The van der Waals surface area contributed by atoms with Crippen molar-refractivity contribution < 1.29 is 9.11 Å². The Balaban J connectivity index is 1.71. The monoisotopic (exact) mass is 286 g/mol. The van der Waals surface area contributed by atoms with Gasteiger partial charge in [0.2, 0.25) is 0 Å². The fourth-order valence-corrected chi connectivity index (χ4v) is 7.27. The molecule has 17 heavy (non-hydrogen) atoms. The second-order valence-corrected chi connectivity index (χ2v) is 8.79. The van der Waals surface area contributed by atoms with Crippen molar-refractivity contribution in [3.8, 4) is 0 Å². The summed E-state index contributed by atoms with van der Waals surface area (Å²) in [4.78, 5) is 1.05. The normalized spacial score (nSPS) is 44.6. The first-order valence-corrected chi connectivity index (χ1v) is 9.34. The van der Waals surface area contributed by atoms with E-state index in [2.05, 4.69) is 18.2 Å². The second-order valence-electron chi connectivity index (χ2n) is 4.30. The van der Waals surface area contributed by atoms with Gasteiger partial charge in [0.1, 0.15) is 10.7 Å². The molecule has 0 aromatic rings. The van der Waals surface area contributed by atoms with Crippen molar-refractivity contribution in [1.82, 2.24) is 0 Å². The lowest BCUT2D eigenvalue weighted by Gasteiger charge is -2.23. The molecule has 3 rings (SSSR count). The molecule has 0 N–H and O–H groups in total.